The van der Waals surface area contributed by atoms with Crippen LogP contribution in [0.15, 0.2) is 0 Å². The molecule has 0 amide bonds. The number of sulfonamides is 1. The molecule has 2 N–H and O–H groups in total. The second kappa shape index (κ2) is 7.21. The van der Waals surface area contributed by atoms with E-state index in [0.717, 1.165) is 19.4 Å². The number of hydrogen-bond donors (Lipinski definition) is 2. The van der Waals surface area contributed by atoms with E-state index in [4.69, 9.17) is 5.11 Å². The molecule has 1 saturated heterocycles. The van der Waals surface area contributed by atoms with Crippen molar-refractivity contribution in [2.45, 2.75) is 39.2 Å². The van der Waals surface area contributed by atoms with E-state index in [1.807, 2.05) is 0 Å². The third-order valence-electron chi connectivity index (χ3n) is 3.26. The van der Waals surface area contributed by atoms with Crippen LogP contribution in [0.4, 0.5) is 0 Å². The average Bonchev–Trinajstić information content (AvgIpc) is 2.34. The highest BCUT2D eigenvalue weighted by molar-refractivity contribution is 7.89. The Bertz CT molecular complexity index is 395. The van der Waals surface area contributed by atoms with Crippen molar-refractivity contribution in [2.75, 3.05) is 25.4 Å². The Labute approximate surface area is 115 Å². The van der Waals surface area contributed by atoms with E-state index >= 15 is 0 Å². The first-order chi connectivity index (χ1) is 8.81. The van der Waals surface area contributed by atoms with Crippen LogP contribution in [0.2, 0.25) is 0 Å². The van der Waals surface area contributed by atoms with E-state index in [9.17, 15) is 13.2 Å². The normalized spacial score (nSPS) is 21.7. The second-order valence-electron chi connectivity index (χ2n) is 5.39. The van der Waals surface area contributed by atoms with Crippen molar-refractivity contribution < 1.29 is 18.3 Å². The Kier molecular flexibility index (Phi) is 6.22. The number of piperidine rings is 1. The van der Waals surface area contributed by atoms with Crippen molar-refractivity contribution in [3.63, 3.8) is 0 Å². The summed E-state index contributed by atoms with van der Waals surface area (Å²) in [5.41, 5.74) is 0. The molecule has 7 heteroatoms. The van der Waals surface area contributed by atoms with Gasteiger partial charge in [-0.1, -0.05) is 13.8 Å². The SMILES string of the molecule is CC(C)NCC1CCCN(S(=O)(=O)CCC(=O)O)C1. The lowest BCUT2D eigenvalue weighted by Gasteiger charge is -2.32. The lowest BCUT2D eigenvalue weighted by Crippen LogP contribution is -2.44. The highest BCUT2D eigenvalue weighted by Gasteiger charge is 2.28. The largest absolute Gasteiger partial charge is 0.481 e. The Balaban J connectivity index is 2.51. The zero-order chi connectivity index (χ0) is 14.5. The summed E-state index contributed by atoms with van der Waals surface area (Å²) in [5.74, 6) is -1.05. The van der Waals surface area contributed by atoms with Crippen LogP contribution in [-0.2, 0) is 14.8 Å². The molecular formula is C12H24N2O4S. The minimum atomic E-state index is -3.43. The summed E-state index contributed by atoms with van der Waals surface area (Å²) in [6.07, 6.45) is 1.54. The van der Waals surface area contributed by atoms with Crippen LogP contribution in [0.1, 0.15) is 33.1 Å². The first-order valence-corrected chi connectivity index (χ1v) is 8.35. The molecule has 0 bridgehead atoms. The number of nitrogens with one attached hydrogen (secondary N) is 1. The fourth-order valence-corrected chi connectivity index (χ4v) is 3.73. The summed E-state index contributed by atoms with van der Waals surface area (Å²) in [7, 11) is -3.43. The van der Waals surface area contributed by atoms with Gasteiger partial charge in [0.25, 0.3) is 0 Å². The van der Waals surface area contributed by atoms with Crippen LogP contribution >= 0.6 is 0 Å². The molecule has 1 aliphatic rings. The van der Waals surface area contributed by atoms with Gasteiger partial charge in [-0.25, -0.2) is 12.7 Å². The Morgan fingerprint density at radius 1 is 1.47 bits per heavy atom. The van der Waals surface area contributed by atoms with Gasteiger partial charge in [0.1, 0.15) is 0 Å². The standard InChI is InChI=1S/C12H24N2O4S/c1-10(2)13-8-11-4-3-6-14(9-11)19(17,18)7-5-12(15)16/h10-11,13H,3-9H2,1-2H3,(H,15,16). The van der Waals surface area contributed by atoms with E-state index in [-0.39, 0.29) is 12.2 Å². The van der Waals surface area contributed by atoms with Crippen LogP contribution in [0.3, 0.4) is 0 Å². The molecule has 0 saturated carbocycles. The second-order valence-corrected chi connectivity index (χ2v) is 7.48. The van der Waals surface area contributed by atoms with Crippen LogP contribution < -0.4 is 5.32 Å². The number of carboxylic acid groups (broad SMARTS) is 1. The number of aliphatic carboxylic acids is 1. The predicted molar refractivity (Wildman–Crippen MR) is 73.5 cm³/mol. The first-order valence-electron chi connectivity index (χ1n) is 6.74. The molecule has 112 valence electrons. The highest BCUT2D eigenvalue weighted by atomic mass is 32.2. The maximum Gasteiger partial charge on any atom is 0.304 e. The van der Waals surface area contributed by atoms with Gasteiger partial charge in [-0.3, -0.25) is 4.79 Å². The van der Waals surface area contributed by atoms with E-state index < -0.39 is 16.0 Å². The van der Waals surface area contributed by atoms with Gasteiger partial charge >= 0.3 is 5.97 Å². The molecule has 1 aliphatic heterocycles. The van der Waals surface area contributed by atoms with Gasteiger partial charge in [0.2, 0.25) is 10.0 Å². The van der Waals surface area contributed by atoms with Crippen molar-refractivity contribution in [1.29, 1.82) is 0 Å². The first kappa shape index (κ1) is 16.4. The molecule has 1 fully saturated rings. The molecule has 0 aliphatic carbocycles. The monoisotopic (exact) mass is 292 g/mol. The van der Waals surface area contributed by atoms with Gasteiger partial charge < -0.3 is 10.4 Å². The minimum absolute atomic E-state index is 0.299. The minimum Gasteiger partial charge on any atom is -0.481 e. The van der Waals surface area contributed by atoms with Gasteiger partial charge in [-0.15, -0.1) is 0 Å². The fourth-order valence-electron chi connectivity index (χ4n) is 2.19. The Morgan fingerprint density at radius 3 is 2.74 bits per heavy atom. The van der Waals surface area contributed by atoms with Crippen LogP contribution in [0.5, 0.6) is 0 Å². The van der Waals surface area contributed by atoms with Crippen molar-refractivity contribution >= 4 is 16.0 Å². The number of nitrogens with zero attached hydrogens (tertiary/aromatic N) is 1. The number of rotatable bonds is 7. The quantitative estimate of drug-likeness (QED) is 0.713. The highest BCUT2D eigenvalue weighted by Crippen LogP contribution is 2.19. The molecule has 1 atom stereocenters. The molecule has 1 heterocycles. The summed E-state index contributed by atoms with van der Waals surface area (Å²) in [4.78, 5) is 10.5. The summed E-state index contributed by atoms with van der Waals surface area (Å²) in [6, 6.07) is 0.388. The molecule has 19 heavy (non-hydrogen) atoms. The molecule has 0 aromatic rings. The maximum absolute atomic E-state index is 12.0. The van der Waals surface area contributed by atoms with Crippen LogP contribution in [0.25, 0.3) is 0 Å². The molecule has 6 nitrogen and oxygen atoms in total. The van der Waals surface area contributed by atoms with Crippen molar-refractivity contribution in [3.05, 3.63) is 0 Å². The third-order valence-corrected chi connectivity index (χ3v) is 5.10. The van der Waals surface area contributed by atoms with E-state index in [2.05, 4.69) is 19.2 Å². The van der Waals surface area contributed by atoms with Gasteiger partial charge in [-0.05, 0) is 25.3 Å². The lowest BCUT2D eigenvalue weighted by atomic mass is 9.99. The fraction of sp³-hybridized carbons (Fsp3) is 0.917. The van der Waals surface area contributed by atoms with Gasteiger partial charge in [0.15, 0.2) is 0 Å². The zero-order valence-corrected chi connectivity index (χ0v) is 12.4. The summed E-state index contributed by atoms with van der Waals surface area (Å²) >= 11 is 0. The average molecular weight is 292 g/mol. The number of carboxylic acids is 1. The lowest BCUT2D eigenvalue weighted by molar-refractivity contribution is -0.136. The molecule has 0 aromatic carbocycles. The van der Waals surface area contributed by atoms with Crippen molar-refractivity contribution in [3.8, 4) is 0 Å². The van der Waals surface area contributed by atoms with Crippen LogP contribution in [0, 0.1) is 5.92 Å². The Hall–Kier alpha value is -0.660. The maximum atomic E-state index is 12.0. The van der Waals surface area contributed by atoms with Gasteiger partial charge in [-0.2, -0.15) is 0 Å². The third kappa shape index (κ3) is 5.88. The number of hydrogen-bond acceptors (Lipinski definition) is 4. The molecule has 0 radical (unpaired) electrons. The Morgan fingerprint density at radius 2 is 2.16 bits per heavy atom. The van der Waals surface area contributed by atoms with Crippen LogP contribution in [-0.4, -0.2) is 55.2 Å². The topological polar surface area (TPSA) is 86.7 Å². The van der Waals surface area contributed by atoms with Crippen molar-refractivity contribution in [2.24, 2.45) is 5.92 Å². The van der Waals surface area contributed by atoms with E-state index in [0.29, 0.717) is 25.0 Å². The summed E-state index contributed by atoms with van der Waals surface area (Å²) < 4.78 is 25.5. The van der Waals surface area contributed by atoms with Gasteiger partial charge in [0.05, 0.1) is 12.2 Å². The molecule has 0 spiro atoms. The molecule has 0 aromatic heterocycles. The summed E-state index contributed by atoms with van der Waals surface area (Å²) in [6.45, 7) is 5.94. The van der Waals surface area contributed by atoms with Crippen molar-refractivity contribution in [1.82, 2.24) is 9.62 Å². The predicted octanol–water partition coefficient (Wildman–Crippen LogP) is 0.501. The van der Waals surface area contributed by atoms with E-state index in [1.54, 1.807) is 0 Å². The van der Waals surface area contributed by atoms with Gasteiger partial charge in [0, 0.05) is 19.1 Å². The molecule has 1 rings (SSSR count). The smallest absolute Gasteiger partial charge is 0.304 e. The zero-order valence-electron chi connectivity index (χ0n) is 11.6. The molecule has 1 unspecified atom stereocenters. The summed E-state index contributed by atoms with van der Waals surface area (Å²) in [5, 5.41) is 11.9. The van der Waals surface area contributed by atoms with E-state index in [1.165, 1.54) is 4.31 Å². The molecular weight excluding hydrogens is 268 g/mol. The number of carbonyl (C=O) groups is 1.